The molecule has 0 aliphatic carbocycles. The van der Waals surface area contributed by atoms with Gasteiger partial charge in [0.15, 0.2) is 0 Å². The van der Waals surface area contributed by atoms with Crippen molar-refractivity contribution in [3.05, 3.63) is 29.6 Å². The van der Waals surface area contributed by atoms with Crippen molar-refractivity contribution in [1.29, 1.82) is 0 Å². The Hall–Kier alpha value is -2.15. The molecule has 0 radical (unpaired) electrons. The second kappa shape index (κ2) is 6.39. The lowest BCUT2D eigenvalue weighted by Gasteiger charge is -2.51. The van der Waals surface area contributed by atoms with Crippen LogP contribution in [0.25, 0.3) is 0 Å². The summed E-state index contributed by atoms with van der Waals surface area (Å²) >= 11 is 0. The minimum absolute atomic E-state index is 0.0197. The normalized spacial score (nSPS) is 23.6. The number of carbonyl (C=O) groups is 2. The van der Waals surface area contributed by atoms with Gasteiger partial charge in [0.2, 0.25) is 5.91 Å². The number of morpholine rings is 1. The highest BCUT2D eigenvalue weighted by Gasteiger charge is 2.48. The van der Waals surface area contributed by atoms with Crippen LogP contribution in [0.15, 0.2) is 18.2 Å². The Morgan fingerprint density at radius 1 is 1.42 bits per heavy atom. The molecular formula is C17H24N4O3. The van der Waals surface area contributed by atoms with E-state index < -0.39 is 11.6 Å². The molecular weight excluding hydrogens is 308 g/mol. The first-order valence-electron chi connectivity index (χ1n) is 8.32. The molecule has 0 saturated carbocycles. The number of carbonyl (C=O) groups excluding carboxylic acids is 2. The molecule has 130 valence electrons. The number of aromatic nitrogens is 1. The van der Waals surface area contributed by atoms with Crippen LogP contribution in [0.3, 0.4) is 0 Å². The molecule has 0 aromatic carbocycles. The number of aryl methyl sites for hydroxylation is 1. The average molecular weight is 332 g/mol. The Morgan fingerprint density at radius 3 is 2.75 bits per heavy atom. The van der Waals surface area contributed by atoms with Crippen molar-refractivity contribution in [3.63, 3.8) is 0 Å². The van der Waals surface area contributed by atoms with Crippen LogP contribution in [0.4, 0.5) is 4.79 Å². The third-order valence-electron chi connectivity index (χ3n) is 5.23. The zero-order valence-electron chi connectivity index (χ0n) is 14.2. The second-order valence-corrected chi connectivity index (χ2v) is 6.65. The number of piperidine rings is 1. The van der Waals surface area contributed by atoms with E-state index in [1.807, 2.05) is 36.9 Å². The number of amides is 3. The van der Waals surface area contributed by atoms with Crippen LogP contribution in [0.2, 0.25) is 0 Å². The standard InChI is InChI=1S/C17H24N4O3/c1-12-4-3-5-14(19-12)10-21-13(2)17(24-11-15(21)22)6-8-20(9-7-17)16(18)23/h3-5,13H,6-11H2,1-2H3,(H2,18,23)/t13-/m0/s1. The molecule has 0 bridgehead atoms. The molecule has 2 N–H and O–H groups in total. The fourth-order valence-corrected chi connectivity index (χ4v) is 3.66. The summed E-state index contributed by atoms with van der Waals surface area (Å²) in [5.74, 6) is -0.0197. The largest absolute Gasteiger partial charge is 0.363 e. The average Bonchev–Trinajstić information content (AvgIpc) is 2.56. The van der Waals surface area contributed by atoms with Crippen molar-refractivity contribution in [2.75, 3.05) is 19.7 Å². The molecule has 2 aliphatic rings. The SMILES string of the molecule is Cc1cccc(CN2C(=O)COC3(CCN(C(N)=O)CC3)[C@@H]2C)n1. The number of ether oxygens (including phenoxy) is 1. The number of primary amides is 1. The summed E-state index contributed by atoms with van der Waals surface area (Å²) < 4.78 is 5.96. The lowest BCUT2D eigenvalue weighted by molar-refractivity contribution is -0.186. The molecule has 2 fully saturated rings. The van der Waals surface area contributed by atoms with Gasteiger partial charge in [-0.1, -0.05) is 6.07 Å². The van der Waals surface area contributed by atoms with E-state index in [1.165, 1.54) is 0 Å². The van der Waals surface area contributed by atoms with Gasteiger partial charge in [0.05, 0.1) is 23.9 Å². The van der Waals surface area contributed by atoms with Gasteiger partial charge >= 0.3 is 6.03 Å². The van der Waals surface area contributed by atoms with Gasteiger partial charge in [-0.2, -0.15) is 0 Å². The summed E-state index contributed by atoms with van der Waals surface area (Å²) in [5, 5.41) is 0. The molecule has 1 atom stereocenters. The van der Waals surface area contributed by atoms with Gasteiger partial charge in [-0.3, -0.25) is 9.78 Å². The zero-order valence-corrected chi connectivity index (χ0v) is 14.2. The third kappa shape index (κ3) is 3.08. The molecule has 3 heterocycles. The number of nitrogens with zero attached hydrogens (tertiary/aromatic N) is 3. The maximum absolute atomic E-state index is 12.4. The van der Waals surface area contributed by atoms with E-state index in [4.69, 9.17) is 10.5 Å². The Labute approximate surface area is 141 Å². The Bertz CT molecular complexity index is 640. The van der Waals surface area contributed by atoms with Crippen molar-refractivity contribution in [2.45, 2.75) is 44.9 Å². The summed E-state index contributed by atoms with van der Waals surface area (Å²) in [6, 6.07) is 5.36. The summed E-state index contributed by atoms with van der Waals surface area (Å²) in [4.78, 5) is 31.7. The maximum atomic E-state index is 12.4. The smallest absolute Gasteiger partial charge is 0.314 e. The Balaban J connectivity index is 1.75. The molecule has 2 aliphatic heterocycles. The number of hydrogen-bond acceptors (Lipinski definition) is 4. The van der Waals surface area contributed by atoms with Crippen LogP contribution in [0, 0.1) is 6.92 Å². The molecule has 24 heavy (non-hydrogen) atoms. The van der Waals surface area contributed by atoms with E-state index in [-0.39, 0.29) is 18.6 Å². The molecule has 0 unspecified atom stereocenters. The highest BCUT2D eigenvalue weighted by Crippen LogP contribution is 2.36. The number of rotatable bonds is 2. The summed E-state index contributed by atoms with van der Waals surface area (Å²) in [6.07, 6.45) is 1.37. The zero-order chi connectivity index (χ0) is 17.3. The van der Waals surface area contributed by atoms with Crippen molar-refractivity contribution >= 4 is 11.9 Å². The van der Waals surface area contributed by atoms with Gasteiger partial charge in [-0.15, -0.1) is 0 Å². The molecule has 7 heteroatoms. The number of pyridine rings is 1. The fourth-order valence-electron chi connectivity index (χ4n) is 3.66. The third-order valence-corrected chi connectivity index (χ3v) is 5.23. The highest BCUT2D eigenvalue weighted by molar-refractivity contribution is 5.79. The lowest BCUT2D eigenvalue weighted by atomic mass is 9.82. The second-order valence-electron chi connectivity index (χ2n) is 6.65. The van der Waals surface area contributed by atoms with E-state index in [2.05, 4.69) is 4.98 Å². The van der Waals surface area contributed by atoms with E-state index >= 15 is 0 Å². The summed E-state index contributed by atoms with van der Waals surface area (Å²) in [7, 11) is 0. The van der Waals surface area contributed by atoms with E-state index in [9.17, 15) is 9.59 Å². The molecule has 1 aromatic rings. The predicted molar refractivity (Wildman–Crippen MR) is 88.1 cm³/mol. The molecule has 2 saturated heterocycles. The maximum Gasteiger partial charge on any atom is 0.314 e. The Kier molecular flexibility index (Phi) is 4.45. The van der Waals surface area contributed by atoms with Crippen LogP contribution in [-0.4, -0.2) is 58.1 Å². The molecule has 7 nitrogen and oxygen atoms in total. The number of nitrogens with two attached hydrogens (primary N) is 1. The number of likely N-dealkylation sites (tertiary alicyclic amines) is 1. The molecule has 3 rings (SSSR count). The number of hydrogen-bond donors (Lipinski definition) is 1. The van der Waals surface area contributed by atoms with Gasteiger partial charge in [0.25, 0.3) is 0 Å². The molecule has 1 spiro atoms. The van der Waals surface area contributed by atoms with Gasteiger partial charge in [-0.05, 0) is 38.8 Å². The Morgan fingerprint density at radius 2 is 2.12 bits per heavy atom. The quantitative estimate of drug-likeness (QED) is 0.877. The molecule has 1 aromatic heterocycles. The van der Waals surface area contributed by atoms with Gasteiger partial charge in [0, 0.05) is 18.8 Å². The van der Waals surface area contributed by atoms with Crippen LogP contribution in [-0.2, 0) is 16.1 Å². The van der Waals surface area contributed by atoms with Crippen molar-refractivity contribution in [2.24, 2.45) is 5.73 Å². The lowest BCUT2D eigenvalue weighted by Crippen LogP contribution is -2.64. The highest BCUT2D eigenvalue weighted by atomic mass is 16.5. The fraction of sp³-hybridized carbons (Fsp3) is 0.588. The monoisotopic (exact) mass is 332 g/mol. The topological polar surface area (TPSA) is 88.8 Å². The van der Waals surface area contributed by atoms with Crippen molar-refractivity contribution in [3.8, 4) is 0 Å². The van der Waals surface area contributed by atoms with Crippen LogP contribution < -0.4 is 5.73 Å². The van der Waals surface area contributed by atoms with Gasteiger partial charge in [-0.25, -0.2) is 4.79 Å². The van der Waals surface area contributed by atoms with Gasteiger partial charge < -0.3 is 20.3 Å². The van der Waals surface area contributed by atoms with E-state index in [0.717, 1.165) is 11.4 Å². The predicted octanol–water partition coefficient (Wildman–Crippen LogP) is 1.05. The van der Waals surface area contributed by atoms with Crippen molar-refractivity contribution in [1.82, 2.24) is 14.8 Å². The first-order valence-corrected chi connectivity index (χ1v) is 8.32. The summed E-state index contributed by atoms with van der Waals surface area (Å²) in [6.45, 7) is 5.63. The summed E-state index contributed by atoms with van der Waals surface area (Å²) in [5.41, 5.74) is 6.76. The first-order chi connectivity index (χ1) is 11.4. The minimum Gasteiger partial charge on any atom is -0.363 e. The van der Waals surface area contributed by atoms with Crippen molar-refractivity contribution < 1.29 is 14.3 Å². The number of urea groups is 1. The van der Waals surface area contributed by atoms with E-state index in [0.29, 0.717) is 32.5 Å². The first kappa shape index (κ1) is 16.7. The van der Waals surface area contributed by atoms with E-state index in [1.54, 1.807) is 4.90 Å². The van der Waals surface area contributed by atoms with Crippen LogP contribution in [0.5, 0.6) is 0 Å². The van der Waals surface area contributed by atoms with Gasteiger partial charge in [0.1, 0.15) is 6.61 Å². The minimum atomic E-state index is -0.413. The molecule has 3 amide bonds. The van der Waals surface area contributed by atoms with Crippen LogP contribution in [0.1, 0.15) is 31.2 Å². The van der Waals surface area contributed by atoms with Crippen LogP contribution >= 0.6 is 0 Å².